The molecule has 0 radical (unpaired) electrons. The van der Waals surface area contributed by atoms with Gasteiger partial charge in [0.15, 0.2) is 0 Å². The van der Waals surface area contributed by atoms with Crippen molar-refractivity contribution in [3.63, 3.8) is 0 Å². The van der Waals surface area contributed by atoms with Crippen molar-refractivity contribution in [3.05, 3.63) is 40.2 Å². The Bertz CT molecular complexity index is 820. The maximum Gasteiger partial charge on any atom is 0.376 e. The molecule has 0 saturated carbocycles. The van der Waals surface area contributed by atoms with Crippen molar-refractivity contribution in [1.29, 1.82) is 0 Å². The molecule has 0 unspecified atom stereocenters. The number of hydrogen-bond acceptors (Lipinski definition) is 5. The lowest BCUT2D eigenvalue weighted by Gasteiger charge is -2.39. The molecule has 2 aromatic rings. The van der Waals surface area contributed by atoms with Crippen molar-refractivity contribution >= 4 is 18.0 Å². The van der Waals surface area contributed by atoms with E-state index in [0.29, 0.717) is 29.7 Å². The van der Waals surface area contributed by atoms with E-state index in [0.717, 1.165) is 36.8 Å². The first-order chi connectivity index (χ1) is 12.0. The molecule has 0 aliphatic carbocycles. The van der Waals surface area contributed by atoms with Crippen LogP contribution >= 0.6 is 0 Å². The van der Waals surface area contributed by atoms with Gasteiger partial charge < -0.3 is 19.0 Å². The number of aryl methyl sites for hydroxylation is 1. The van der Waals surface area contributed by atoms with Crippen molar-refractivity contribution in [3.8, 4) is 5.75 Å². The van der Waals surface area contributed by atoms with Crippen LogP contribution in [0.4, 0.5) is 0 Å². The van der Waals surface area contributed by atoms with Gasteiger partial charge in [-0.05, 0) is 57.1 Å². The van der Waals surface area contributed by atoms with Gasteiger partial charge in [-0.3, -0.25) is 0 Å². The molecule has 2 fully saturated rings. The Morgan fingerprint density at radius 1 is 1.28 bits per heavy atom. The molecule has 1 aromatic carbocycles. The van der Waals surface area contributed by atoms with Crippen LogP contribution in [-0.4, -0.2) is 35.1 Å². The van der Waals surface area contributed by atoms with Gasteiger partial charge in [-0.2, -0.15) is 0 Å². The first kappa shape index (κ1) is 16.7. The van der Waals surface area contributed by atoms with Gasteiger partial charge in [0.05, 0.1) is 0 Å². The minimum absolute atomic E-state index is 0.145. The molecule has 0 amide bonds. The predicted octanol–water partition coefficient (Wildman–Crippen LogP) is 2.84. The number of ether oxygens (including phenoxy) is 1. The molecule has 2 saturated heterocycles. The zero-order chi connectivity index (χ0) is 17.6. The average molecular weight is 341 g/mol. The fourth-order valence-corrected chi connectivity index (χ4v) is 4.52. The maximum absolute atomic E-state index is 11.9. The average Bonchev–Trinajstić information content (AvgIpc) is 2.86. The molecular formula is C19H24BNO4. The number of piperidine rings is 1. The maximum atomic E-state index is 11.9. The molecule has 6 heteroatoms. The Labute approximate surface area is 147 Å². The van der Waals surface area contributed by atoms with E-state index >= 15 is 0 Å². The van der Waals surface area contributed by atoms with E-state index in [1.165, 1.54) is 0 Å². The predicted molar refractivity (Wildman–Crippen MR) is 98.0 cm³/mol. The van der Waals surface area contributed by atoms with E-state index in [-0.39, 0.29) is 18.8 Å². The molecule has 132 valence electrons. The summed E-state index contributed by atoms with van der Waals surface area (Å²) in [5.41, 5.74) is 1.00. The Morgan fingerprint density at radius 2 is 2.00 bits per heavy atom. The molecule has 5 nitrogen and oxygen atoms in total. The second-order valence-electron chi connectivity index (χ2n) is 7.29. The van der Waals surface area contributed by atoms with Gasteiger partial charge in [-0.15, -0.1) is 0 Å². The van der Waals surface area contributed by atoms with E-state index < -0.39 is 0 Å². The van der Waals surface area contributed by atoms with Gasteiger partial charge in [0.2, 0.25) is 0 Å². The molecule has 2 bridgehead atoms. The van der Waals surface area contributed by atoms with Gasteiger partial charge in [0.25, 0.3) is 0 Å². The summed E-state index contributed by atoms with van der Waals surface area (Å²) in [5, 5.41) is 10.9. The number of hydrogen-bond donors (Lipinski definition) is 1. The van der Waals surface area contributed by atoms with E-state index in [4.69, 9.17) is 9.15 Å². The summed E-state index contributed by atoms with van der Waals surface area (Å²) in [6.45, 7) is 3.80. The van der Waals surface area contributed by atoms with Crippen molar-refractivity contribution < 1.29 is 14.2 Å². The van der Waals surface area contributed by atoms with Gasteiger partial charge in [0, 0.05) is 29.1 Å². The highest BCUT2D eigenvalue weighted by atomic mass is 16.5. The Balaban J connectivity index is 1.53. The molecule has 2 atom stereocenters. The molecule has 2 aliphatic heterocycles. The minimum Gasteiger partial charge on any atom is -0.490 e. The lowest BCUT2D eigenvalue weighted by Crippen LogP contribution is -2.52. The van der Waals surface area contributed by atoms with Crippen molar-refractivity contribution in [2.75, 3.05) is 0 Å². The van der Waals surface area contributed by atoms with Gasteiger partial charge in [-0.1, -0.05) is 6.92 Å². The van der Waals surface area contributed by atoms with Crippen LogP contribution in [0.3, 0.4) is 0 Å². The summed E-state index contributed by atoms with van der Waals surface area (Å²) in [7, 11) is -0.388. The van der Waals surface area contributed by atoms with E-state index in [1.807, 2.05) is 38.0 Å². The third kappa shape index (κ3) is 3.09. The molecular weight excluding hydrogens is 317 g/mol. The van der Waals surface area contributed by atoms with Crippen LogP contribution in [0.25, 0.3) is 11.0 Å². The van der Waals surface area contributed by atoms with Crippen molar-refractivity contribution in [2.45, 2.75) is 64.0 Å². The van der Waals surface area contributed by atoms with Crippen LogP contribution in [0.15, 0.2) is 33.5 Å². The summed E-state index contributed by atoms with van der Waals surface area (Å²) >= 11 is 0. The number of nitrogens with zero attached hydrogens (tertiary/aromatic N) is 1. The smallest absolute Gasteiger partial charge is 0.376 e. The second-order valence-corrected chi connectivity index (χ2v) is 7.29. The number of benzene rings is 1. The quantitative estimate of drug-likeness (QED) is 0.684. The standard InChI is InChI=1S/C19H24BNO4/c1-3-12-8-13-4-7-16(11-18(13)25-19(12)22)24-17-9-14-5-6-15(10-17)21(14)20(2)23/h4,7-8,11,14-15,17,23H,3,5-6,9-10H2,1-2H3/t14-,15-/m1/s1. The Hall–Kier alpha value is -1.79. The second kappa shape index (κ2) is 6.50. The van der Waals surface area contributed by atoms with Gasteiger partial charge in [-0.25, -0.2) is 4.79 Å². The lowest BCUT2D eigenvalue weighted by molar-refractivity contribution is 0.0864. The van der Waals surface area contributed by atoms with Crippen LogP contribution in [0.1, 0.15) is 38.2 Å². The van der Waals surface area contributed by atoms with Crippen LogP contribution in [-0.2, 0) is 6.42 Å². The third-order valence-electron chi connectivity index (χ3n) is 5.64. The largest absolute Gasteiger partial charge is 0.490 e. The van der Waals surface area contributed by atoms with E-state index in [1.54, 1.807) is 0 Å². The molecule has 2 aliphatic rings. The molecule has 1 aromatic heterocycles. The molecule has 1 N–H and O–H groups in total. The van der Waals surface area contributed by atoms with E-state index in [2.05, 4.69) is 4.81 Å². The van der Waals surface area contributed by atoms with Gasteiger partial charge >= 0.3 is 12.7 Å². The van der Waals surface area contributed by atoms with E-state index in [9.17, 15) is 9.82 Å². The normalized spacial score (nSPS) is 26.1. The molecule has 4 rings (SSSR count). The highest BCUT2D eigenvalue weighted by Crippen LogP contribution is 2.37. The summed E-state index contributed by atoms with van der Waals surface area (Å²) < 4.78 is 11.6. The lowest BCUT2D eigenvalue weighted by atomic mass is 9.79. The first-order valence-corrected chi connectivity index (χ1v) is 9.24. The Kier molecular flexibility index (Phi) is 4.34. The summed E-state index contributed by atoms with van der Waals surface area (Å²) in [4.78, 5) is 14.2. The number of fused-ring (bicyclic) bond motifs is 3. The van der Waals surface area contributed by atoms with Crippen LogP contribution in [0.2, 0.25) is 6.82 Å². The minimum atomic E-state index is -0.388. The topological polar surface area (TPSA) is 62.9 Å². The zero-order valence-corrected chi connectivity index (χ0v) is 14.8. The van der Waals surface area contributed by atoms with Crippen molar-refractivity contribution in [2.24, 2.45) is 0 Å². The fourth-order valence-electron chi connectivity index (χ4n) is 4.52. The number of rotatable bonds is 4. The van der Waals surface area contributed by atoms with Crippen LogP contribution < -0.4 is 10.4 Å². The first-order valence-electron chi connectivity index (χ1n) is 9.24. The highest BCUT2D eigenvalue weighted by Gasteiger charge is 2.44. The molecule has 0 spiro atoms. The summed E-state index contributed by atoms with van der Waals surface area (Å²) in [5.74, 6) is 0.745. The Morgan fingerprint density at radius 3 is 2.64 bits per heavy atom. The highest BCUT2D eigenvalue weighted by molar-refractivity contribution is 6.45. The van der Waals surface area contributed by atoms with Gasteiger partial charge in [0.1, 0.15) is 17.4 Å². The molecule has 3 heterocycles. The zero-order valence-electron chi connectivity index (χ0n) is 14.8. The molecule has 25 heavy (non-hydrogen) atoms. The van der Waals surface area contributed by atoms with Crippen LogP contribution in [0.5, 0.6) is 5.75 Å². The van der Waals surface area contributed by atoms with Crippen molar-refractivity contribution in [1.82, 2.24) is 4.81 Å². The summed E-state index contributed by atoms with van der Waals surface area (Å²) in [6, 6.07) is 8.41. The third-order valence-corrected chi connectivity index (χ3v) is 5.64. The fraction of sp³-hybridized carbons (Fsp3) is 0.526. The summed E-state index contributed by atoms with van der Waals surface area (Å²) in [6.07, 6.45) is 4.92. The van der Waals surface area contributed by atoms with Crippen LogP contribution in [0, 0.1) is 0 Å². The SMILES string of the molecule is CCc1cc2ccc(OC3C[C@H]4CC[C@H](C3)N4B(C)O)cc2oc1=O. The monoisotopic (exact) mass is 341 g/mol.